The minimum Gasteiger partial charge on any atom is -0.481 e. The zero-order valence-electron chi connectivity index (χ0n) is 14.1. The third-order valence-electron chi connectivity index (χ3n) is 3.66. The van der Waals surface area contributed by atoms with Crippen molar-refractivity contribution in [3.8, 4) is 16.9 Å². The molecule has 2 rings (SSSR count). The minimum absolute atomic E-state index is 0.120. The van der Waals surface area contributed by atoms with Gasteiger partial charge in [0, 0.05) is 16.8 Å². The maximum absolute atomic E-state index is 11.9. The Labute approximate surface area is 152 Å². The predicted molar refractivity (Wildman–Crippen MR) is 97.2 cm³/mol. The zero-order chi connectivity index (χ0) is 18.8. The molecule has 0 aliphatic rings. The van der Waals surface area contributed by atoms with Crippen LogP contribution in [0.2, 0.25) is 5.02 Å². The average molecular weight is 383 g/mol. The SMILES string of the molecule is CC(C)c1ccc(S(C)(=O)=O)cc1-c1cc(Cl)ccc1OCC(=O)O. The number of hydrogen-bond acceptors (Lipinski definition) is 4. The summed E-state index contributed by atoms with van der Waals surface area (Å²) in [5.74, 6) is -0.649. The van der Waals surface area contributed by atoms with Crippen molar-refractivity contribution in [3.63, 3.8) is 0 Å². The van der Waals surface area contributed by atoms with Crippen molar-refractivity contribution in [2.24, 2.45) is 0 Å². The molecule has 7 heteroatoms. The molecule has 2 aromatic rings. The van der Waals surface area contributed by atoms with E-state index >= 15 is 0 Å². The van der Waals surface area contributed by atoms with E-state index in [1.54, 1.807) is 36.4 Å². The summed E-state index contributed by atoms with van der Waals surface area (Å²) < 4.78 is 29.2. The Morgan fingerprint density at radius 1 is 1.16 bits per heavy atom. The van der Waals surface area contributed by atoms with Crippen molar-refractivity contribution in [1.82, 2.24) is 0 Å². The summed E-state index contributed by atoms with van der Waals surface area (Å²) in [4.78, 5) is 11.0. The van der Waals surface area contributed by atoms with Crippen molar-refractivity contribution < 1.29 is 23.1 Å². The molecule has 0 fully saturated rings. The summed E-state index contributed by atoms with van der Waals surface area (Å²) in [5.41, 5.74) is 2.12. The van der Waals surface area contributed by atoms with E-state index in [9.17, 15) is 13.2 Å². The van der Waals surface area contributed by atoms with E-state index in [2.05, 4.69) is 0 Å². The number of halogens is 1. The molecule has 0 aliphatic heterocycles. The van der Waals surface area contributed by atoms with Crippen LogP contribution in [0.15, 0.2) is 41.3 Å². The number of ether oxygens (including phenoxy) is 1. The third kappa shape index (κ3) is 4.74. The second-order valence-electron chi connectivity index (χ2n) is 6.00. The lowest BCUT2D eigenvalue weighted by Crippen LogP contribution is -2.10. The van der Waals surface area contributed by atoms with Crippen molar-refractivity contribution in [1.29, 1.82) is 0 Å². The van der Waals surface area contributed by atoms with E-state index in [1.807, 2.05) is 13.8 Å². The lowest BCUT2D eigenvalue weighted by molar-refractivity contribution is -0.139. The van der Waals surface area contributed by atoms with Crippen LogP contribution >= 0.6 is 11.6 Å². The third-order valence-corrected chi connectivity index (χ3v) is 5.00. The van der Waals surface area contributed by atoms with E-state index in [4.69, 9.17) is 21.4 Å². The van der Waals surface area contributed by atoms with Crippen LogP contribution in [0.4, 0.5) is 0 Å². The molecule has 0 unspecified atom stereocenters. The van der Waals surface area contributed by atoms with Gasteiger partial charge in [-0.25, -0.2) is 13.2 Å². The zero-order valence-corrected chi connectivity index (χ0v) is 15.7. The Balaban J connectivity index is 2.70. The fraction of sp³-hybridized carbons (Fsp3) is 0.278. The first-order chi connectivity index (χ1) is 11.6. The van der Waals surface area contributed by atoms with Crippen LogP contribution in [-0.2, 0) is 14.6 Å². The standard InChI is InChI=1S/C18H19ClO5S/c1-11(2)14-6-5-13(25(3,22)23)9-15(14)16-8-12(19)4-7-17(16)24-10-18(20)21/h4-9,11H,10H2,1-3H3,(H,20,21). The number of sulfone groups is 1. The van der Waals surface area contributed by atoms with E-state index in [1.165, 1.54) is 0 Å². The highest BCUT2D eigenvalue weighted by atomic mass is 35.5. The van der Waals surface area contributed by atoms with Crippen LogP contribution in [0.5, 0.6) is 5.75 Å². The molecule has 0 atom stereocenters. The Bertz CT molecular complexity index is 904. The fourth-order valence-electron chi connectivity index (χ4n) is 2.48. The molecule has 2 aromatic carbocycles. The van der Waals surface area contributed by atoms with Gasteiger partial charge in [-0.05, 0) is 47.4 Å². The van der Waals surface area contributed by atoms with Crippen LogP contribution in [0.3, 0.4) is 0 Å². The number of hydrogen-bond donors (Lipinski definition) is 1. The maximum atomic E-state index is 11.9. The van der Waals surface area contributed by atoms with E-state index in [0.29, 0.717) is 21.9 Å². The van der Waals surface area contributed by atoms with Gasteiger partial charge in [0.25, 0.3) is 0 Å². The second kappa shape index (κ2) is 7.45. The minimum atomic E-state index is -3.39. The Morgan fingerprint density at radius 2 is 1.84 bits per heavy atom. The van der Waals surface area contributed by atoms with Crippen molar-refractivity contribution in [2.75, 3.05) is 12.9 Å². The lowest BCUT2D eigenvalue weighted by Gasteiger charge is -2.17. The topological polar surface area (TPSA) is 80.7 Å². The number of benzene rings is 2. The van der Waals surface area contributed by atoms with Crippen molar-refractivity contribution >= 4 is 27.4 Å². The molecule has 0 heterocycles. The van der Waals surface area contributed by atoms with Crippen molar-refractivity contribution in [2.45, 2.75) is 24.7 Å². The predicted octanol–water partition coefficient (Wildman–Crippen LogP) is 4.00. The molecule has 25 heavy (non-hydrogen) atoms. The number of carboxylic acid groups (broad SMARTS) is 1. The molecule has 0 aromatic heterocycles. The molecule has 0 saturated carbocycles. The fourth-order valence-corrected chi connectivity index (χ4v) is 3.30. The molecule has 0 spiro atoms. The summed E-state index contributed by atoms with van der Waals surface area (Å²) >= 11 is 6.10. The van der Waals surface area contributed by atoms with Crippen LogP contribution in [0, 0.1) is 0 Å². The molecule has 1 N–H and O–H groups in total. The maximum Gasteiger partial charge on any atom is 0.341 e. The van der Waals surface area contributed by atoms with Crippen LogP contribution < -0.4 is 4.74 Å². The normalized spacial score (nSPS) is 11.6. The Kier molecular flexibility index (Phi) is 5.75. The van der Waals surface area contributed by atoms with E-state index in [-0.39, 0.29) is 10.8 Å². The average Bonchev–Trinajstić information content (AvgIpc) is 2.52. The number of carbonyl (C=O) groups is 1. The van der Waals surface area contributed by atoms with Gasteiger partial charge in [0.1, 0.15) is 5.75 Å². The first-order valence-corrected chi connectivity index (χ1v) is 9.85. The molecule has 0 bridgehead atoms. The van der Waals surface area contributed by atoms with Crippen molar-refractivity contribution in [3.05, 3.63) is 47.0 Å². The van der Waals surface area contributed by atoms with Crippen LogP contribution in [-0.4, -0.2) is 32.4 Å². The van der Waals surface area contributed by atoms with Gasteiger partial charge in [-0.2, -0.15) is 0 Å². The molecule has 0 saturated heterocycles. The largest absolute Gasteiger partial charge is 0.481 e. The first kappa shape index (κ1) is 19.3. The summed E-state index contributed by atoms with van der Waals surface area (Å²) in [6.07, 6.45) is 1.14. The van der Waals surface area contributed by atoms with Crippen LogP contribution in [0.25, 0.3) is 11.1 Å². The second-order valence-corrected chi connectivity index (χ2v) is 8.45. The lowest BCUT2D eigenvalue weighted by atomic mass is 9.92. The first-order valence-electron chi connectivity index (χ1n) is 7.58. The molecular weight excluding hydrogens is 364 g/mol. The van der Waals surface area contributed by atoms with Gasteiger partial charge in [-0.3, -0.25) is 0 Å². The van der Waals surface area contributed by atoms with Gasteiger partial charge in [-0.1, -0.05) is 31.5 Å². The van der Waals surface area contributed by atoms with Gasteiger partial charge in [0.15, 0.2) is 16.4 Å². The Morgan fingerprint density at radius 3 is 2.40 bits per heavy atom. The molecule has 0 amide bonds. The van der Waals surface area contributed by atoms with Gasteiger partial charge < -0.3 is 9.84 Å². The molecule has 134 valence electrons. The highest BCUT2D eigenvalue weighted by Crippen LogP contribution is 2.38. The Hall–Kier alpha value is -2.05. The molecule has 5 nitrogen and oxygen atoms in total. The smallest absolute Gasteiger partial charge is 0.341 e. The number of aliphatic carboxylic acids is 1. The number of rotatable bonds is 6. The summed E-state index contributed by atoms with van der Waals surface area (Å²) in [5, 5.41) is 9.30. The van der Waals surface area contributed by atoms with Gasteiger partial charge in [-0.15, -0.1) is 0 Å². The highest BCUT2D eigenvalue weighted by molar-refractivity contribution is 7.90. The van der Waals surface area contributed by atoms with Gasteiger partial charge in [0.2, 0.25) is 0 Å². The van der Waals surface area contributed by atoms with Gasteiger partial charge >= 0.3 is 5.97 Å². The summed E-state index contributed by atoms with van der Waals surface area (Å²) in [7, 11) is -3.39. The molecule has 0 aliphatic carbocycles. The van der Waals surface area contributed by atoms with E-state index in [0.717, 1.165) is 11.8 Å². The number of carboxylic acids is 1. The van der Waals surface area contributed by atoms with Gasteiger partial charge in [0.05, 0.1) is 4.90 Å². The highest BCUT2D eigenvalue weighted by Gasteiger charge is 2.18. The van der Waals surface area contributed by atoms with E-state index < -0.39 is 22.4 Å². The summed E-state index contributed by atoms with van der Waals surface area (Å²) in [6.45, 7) is 3.47. The summed E-state index contributed by atoms with van der Waals surface area (Å²) in [6, 6.07) is 9.72. The van der Waals surface area contributed by atoms with Crippen LogP contribution in [0.1, 0.15) is 25.3 Å². The quantitative estimate of drug-likeness (QED) is 0.816. The molecule has 0 radical (unpaired) electrons. The molecular formula is C18H19ClO5S. The monoisotopic (exact) mass is 382 g/mol.